The Morgan fingerprint density at radius 2 is 2.27 bits per heavy atom. The molecule has 0 unspecified atom stereocenters. The lowest BCUT2D eigenvalue weighted by atomic mass is 10.1. The quantitative estimate of drug-likeness (QED) is 0.781. The zero-order valence-corrected chi connectivity index (χ0v) is 10.3. The van der Waals surface area contributed by atoms with Gasteiger partial charge in [-0.3, -0.25) is 0 Å². The van der Waals surface area contributed by atoms with Gasteiger partial charge in [-0.2, -0.15) is 0 Å². The van der Waals surface area contributed by atoms with E-state index < -0.39 is 0 Å². The molecule has 1 aromatic rings. The summed E-state index contributed by atoms with van der Waals surface area (Å²) in [5, 5.41) is 2.51. The predicted octanol–water partition coefficient (Wildman–Crippen LogP) is 2.90. The molecule has 0 spiro atoms. The van der Waals surface area contributed by atoms with Crippen LogP contribution in [-0.2, 0) is 4.74 Å². The number of carbonyl (C=O) groups excluding carboxylic acids is 1. The van der Waals surface area contributed by atoms with E-state index in [1.807, 2.05) is 26.2 Å². The molecule has 0 aliphatic carbocycles. The number of carbonyl (C=O) groups is 1. The van der Waals surface area contributed by atoms with Gasteiger partial charge in [0.2, 0.25) is 0 Å². The van der Waals surface area contributed by atoms with Crippen LogP contribution in [0.3, 0.4) is 0 Å². The van der Waals surface area contributed by atoms with Crippen LogP contribution < -0.4 is 4.90 Å². The number of amides is 1. The molecule has 0 saturated heterocycles. The molecule has 1 heterocycles. The minimum Gasteiger partial charge on any atom is -0.449 e. The smallest absolute Gasteiger partial charge is 0.416 e. The molecule has 0 N–H and O–H groups in total. The summed E-state index contributed by atoms with van der Waals surface area (Å²) in [6, 6.07) is 0. The molecule has 0 aliphatic rings. The average Bonchev–Trinajstić information content (AvgIpc) is 2.55. The summed E-state index contributed by atoms with van der Waals surface area (Å²) in [5.41, 5.74) is -0.329. The van der Waals surface area contributed by atoms with Gasteiger partial charge in [0.05, 0.1) is 6.61 Å². The number of thiazole rings is 1. The van der Waals surface area contributed by atoms with Gasteiger partial charge < -0.3 is 4.74 Å². The Kier molecular flexibility index (Phi) is 3.68. The Morgan fingerprint density at radius 1 is 1.60 bits per heavy atom. The van der Waals surface area contributed by atoms with E-state index in [4.69, 9.17) is 4.74 Å². The number of aromatic nitrogens is 1. The van der Waals surface area contributed by atoms with Crippen molar-refractivity contribution < 1.29 is 9.53 Å². The van der Waals surface area contributed by atoms with Gasteiger partial charge in [0.15, 0.2) is 5.13 Å². The molecule has 0 aromatic carbocycles. The summed E-state index contributed by atoms with van der Waals surface area (Å²) in [7, 11) is 0. The monoisotopic (exact) mass is 228 g/mol. The lowest BCUT2D eigenvalue weighted by Crippen LogP contribution is -2.46. The minimum absolute atomic E-state index is 0.329. The van der Waals surface area contributed by atoms with Gasteiger partial charge in [0, 0.05) is 17.1 Å². The maximum atomic E-state index is 11.8. The van der Waals surface area contributed by atoms with Gasteiger partial charge in [-0.1, -0.05) is 0 Å². The second-order valence-electron chi connectivity index (χ2n) is 4.02. The van der Waals surface area contributed by atoms with Gasteiger partial charge in [-0.15, -0.1) is 11.3 Å². The SMILES string of the molecule is CCOC(=O)N(c1nccs1)C(C)(C)C. The van der Waals surface area contributed by atoms with Crippen LogP contribution >= 0.6 is 11.3 Å². The Balaban J connectivity index is 2.94. The molecule has 0 saturated carbocycles. The first-order chi connectivity index (χ1) is 6.96. The van der Waals surface area contributed by atoms with Crippen molar-refractivity contribution in [3.63, 3.8) is 0 Å². The molecular formula is C10H16N2O2S. The Labute approximate surface area is 93.9 Å². The fourth-order valence-corrected chi connectivity index (χ4v) is 1.97. The first-order valence-corrected chi connectivity index (χ1v) is 5.71. The molecule has 1 amide bonds. The maximum absolute atomic E-state index is 11.8. The molecule has 84 valence electrons. The number of nitrogens with zero attached hydrogens (tertiary/aromatic N) is 2. The largest absolute Gasteiger partial charge is 0.449 e. The third-order valence-corrected chi connectivity index (χ3v) is 2.49. The molecule has 0 atom stereocenters. The second kappa shape index (κ2) is 4.61. The highest BCUT2D eigenvalue weighted by molar-refractivity contribution is 7.13. The fraction of sp³-hybridized carbons (Fsp3) is 0.600. The summed E-state index contributed by atoms with van der Waals surface area (Å²) in [5.74, 6) is 0. The molecule has 5 heteroatoms. The van der Waals surface area contributed by atoms with Crippen LogP contribution in [0.2, 0.25) is 0 Å². The van der Waals surface area contributed by atoms with Gasteiger partial charge in [-0.25, -0.2) is 14.7 Å². The van der Waals surface area contributed by atoms with E-state index in [2.05, 4.69) is 4.98 Å². The third-order valence-electron chi connectivity index (χ3n) is 1.73. The van der Waals surface area contributed by atoms with Gasteiger partial charge in [0.1, 0.15) is 0 Å². The van der Waals surface area contributed by atoms with Crippen LogP contribution in [0.4, 0.5) is 9.93 Å². The van der Waals surface area contributed by atoms with Crippen molar-refractivity contribution in [1.29, 1.82) is 0 Å². The number of anilines is 1. The Bertz CT molecular complexity index is 317. The lowest BCUT2D eigenvalue weighted by Gasteiger charge is -2.32. The van der Waals surface area contributed by atoms with Crippen molar-refractivity contribution in [1.82, 2.24) is 4.98 Å². The standard InChI is InChI=1S/C10H16N2O2S/c1-5-14-9(13)12(10(2,3)4)8-11-6-7-15-8/h6-7H,5H2,1-4H3. The minimum atomic E-state index is -0.347. The van der Waals surface area contributed by atoms with E-state index in [0.717, 1.165) is 0 Å². The summed E-state index contributed by atoms with van der Waals surface area (Å²) < 4.78 is 5.01. The molecule has 1 aromatic heterocycles. The van der Waals surface area contributed by atoms with Crippen LogP contribution in [0.1, 0.15) is 27.7 Å². The summed E-state index contributed by atoms with van der Waals surface area (Å²) >= 11 is 1.43. The van der Waals surface area contributed by atoms with E-state index in [1.165, 1.54) is 11.3 Å². The molecule has 15 heavy (non-hydrogen) atoms. The van der Waals surface area contributed by atoms with Crippen molar-refractivity contribution in [2.75, 3.05) is 11.5 Å². The van der Waals surface area contributed by atoms with Crippen molar-refractivity contribution in [2.24, 2.45) is 0 Å². The van der Waals surface area contributed by atoms with Crippen molar-refractivity contribution in [2.45, 2.75) is 33.2 Å². The molecular weight excluding hydrogens is 212 g/mol. The maximum Gasteiger partial charge on any atom is 0.416 e. The van der Waals surface area contributed by atoms with Crippen LogP contribution in [0, 0.1) is 0 Å². The van der Waals surface area contributed by atoms with Crippen molar-refractivity contribution in [3.05, 3.63) is 11.6 Å². The van der Waals surface area contributed by atoms with Gasteiger partial charge in [0.25, 0.3) is 0 Å². The van der Waals surface area contributed by atoms with Crippen LogP contribution in [-0.4, -0.2) is 23.2 Å². The first kappa shape index (κ1) is 12.0. The van der Waals surface area contributed by atoms with Gasteiger partial charge in [-0.05, 0) is 27.7 Å². The number of ether oxygens (including phenoxy) is 1. The topological polar surface area (TPSA) is 42.4 Å². The third kappa shape index (κ3) is 2.92. The molecule has 0 aliphatic heterocycles. The summed E-state index contributed by atoms with van der Waals surface area (Å²) in [4.78, 5) is 17.5. The number of hydrogen-bond donors (Lipinski definition) is 0. The fourth-order valence-electron chi connectivity index (χ4n) is 1.15. The zero-order valence-electron chi connectivity index (χ0n) is 9.48. The highest BCUT2D eigenvalue weighted by Gasteiger charge is 2.30. The second-order valence-corrected chi connectivity index (χ2v) is 4.89. The predicted molar refractivity (Wildman–Crippen MR) is 61.4 cm³/mol. The highest BCUT2D eigenvalue weighted by Crippen LogP contribution is 2.26. The molecule has 1 rings (SSSR count). The number of rotatable bonds is 2. The Hall–Kier alpha value is -1.10. The molecule has 0 radical (unpaired) electrons. The number of hydrogen-bond acceptors (Lipinski definition) is 4. The lowest BCUT2D eigenvalue weighted by molar-refractivity contribution is 0.154. The summed E-state index contributed by atoms with van der Waals surface area (Å²) in [6.45, 7) is 8.01. The average molecular weight is 228 g/mol. The molecule has 0 bridgehead atoms. The van der Waals surface area contributed by atoms with E-state index in [0.29, 0.717) is 11.7 Å². The molecule has 4 nitrogen and oxygen atoms in total. The van der Waals surface area contributed by atoms with E-state index >= 15 is 0 Å². The zero-order chi connectivity index (χ0) is 11.5. The van der Waals surface area contributed by atoms with Crippen molar-refractivity contribution >= 4 is 22.6 Å². The van der Waals surface area contributed by atoms with E-state index in [9.17, 15) is 4.79 Å². The summed E-state index contributed by atoms with van der Waals surface area (Å²) in [6.07, 6.45) is 1.33. The first-order valence-electron chi connectivity index (χ1n) is 4.83. The van der Waals surface area contributed by atoms with E-state index in [-0.39, 0.29) is 11.6 Å². The van der Waals surface area contributed by atoms with Crippen molar-refractivity contribution in [3.8, 4) is 0 Å². The van der Waals surface area contributed by atoms with Crippen LogP contribution in [0.15, 0.2) is 11.6 Å². The highest BCUT2D eigenvalue weighted by atomic mass is 32.1. The Morgan fingerprint density at radius 3 is 2.67 bits per heavy atom. The van der Waals surface area contributed by atoms with Crippen LogP contribution in [0.25, 0.3) is 0 Å². The van der Waals surface area contributed by atoms with Crippen LogP contribution in [0.5, 0.6) is 0 Å². The molecule has 0 fully saturated rings. The van der Waals surface area contributed by atoms with E-state index in [1.54, 1.807) is 18.0 Å². The van der Waals surface area contributed by atoms with Gasteiger partial charge >= 0.3 is 6.09 Å². The normalized spacial score (nSPS) is 11.2.